The van der Waals surface area contributed by atoms with Gasteiger partial charge in [0.1, 0.15) is 11.5 Å². The fraction of sp³-hybridized carbons (Fsp3) is 0.176. The maximum atomic E-state index is 13.3. The minimum Gasteiger partial charge on any atom is -0.230 e. The smallest absolute Gasteiger partial charge is 0.230 e. The van der Waals surface area contributed by atoms with Gasteiger partial charge in [0.05, 0.1) is 12.4 Å². The van der Waals surface area contributed by atoms with E-state index in [9.17, 15) is 4.39 Å². The zero-order valence-corrected chi connectivity index (χ0v) is 11.8. The second-order valence-electron chi connectivity index (χ2n) is 5.04. The second kappa shape index (κ2) is 4.67. The lowest BCUT2D eigenvalue weighted by atomic mass is 10.0. The molecule has 3 rings (SSSR count). The van der Waals surface area contributed by atoms with Gasteiger partial charge in [0, 0.05) is 12.5 Å². The summed E-state index contributed by atoms with van der Waals surface area (Å²) in [6.45, 7) is 3.91. The molecule has 0 fully saturated rings. The third-order valence-electron chi connectivity index (χ3n) is 3.71. The Morgan fingerprint density at radius 2 is 1.80 bits per heavy atom. The Morgan fingerprint density at radius 3 is 2.55 bits per heavy atom. The fourth-order valence-electron chi connectivity index (χ4n) is 2.58. The summed E-state index contributed by atoms with van der Waals surface area (Å²) in [6, 6.07) is 13.0. The first kappa shape index (κ1) is 12.7. The van der Waals surface area contributed by atoms with Crippen LogP contribution in [0.4, 0.5) is 4.39 Å². The zero-order valence-electron chi connectivity index (χ0n) is 11.8. The summed E-state index contributed by atoms with van der Waals surface area (Å²) in [6.07, 6.45) is 0. The molecule has 0 spiro atoms. The number of benzene rings is 2. The first-order chi connectivity index (χ1) is 9.58. The Labute approximate surface area is 117 Å². The van der Waals surface area contributed by atoms with Crippen molar-refractivity contribution in [1.82, 2.24) is 4.98 Å². The highest BCUT2D eigenvalue weighted by atomic mass is 19.1. The van der Waals surface area contributed by atoms with Crippen molar-refractivity contribution in [2.45, 2.75) is 13.8 Å². The van der Waals surface area contributed by atoms with E-state index in [0.717, 1.165) is 33.5 Å². The van der Waals surface area contributed by atoms with Crippen molar-refractivity contribution in [3.63, 3.8) is 0 Å². The van der Waals surface area contributed by atoms with E-state index in [-0.39, 0.29) is 5.82 Å². The highest BCUT2D eigenvalue weighted by Crippen LogP contribution is 2.27. The summed E-state index contributed by atoms with van der Waals surface area (Å²) in [5.74, 6) is 0.728. The zero-order chi connectivity index (χ0) is 14.3. The van der Waals surface area contributed by atoms with Gasteiger partial charge in [-0.1, -0.05) is 12.1 Å². The Bertz CT molecular complexity index is 809. The predicted octanol–water partition coefficient (Wildman–Crippen LogP) is 3.48. The van der Waals surface area contributed by atoms with Gasteiger partial charge in [-0.15, -0.1) is 0 Å². The third-order valence-corrected chi connectivity index (χ3v) is 3.71. The number of aromatic nitrogens is 2. The lowest BCUT2D eigenvalue weighted by Crippen LogP contribution is -2.36. The maximum absolute atomic E-state index is 13.3. The number of rotatable bonds is 1. The van der Waals surface area contributed by atoms with Gasteiger partial charge in [-0.25, -0.2) is 8.96 Å². The highest BCUT2D eigenvalue weighted by Gasteiger charge is 2.19. The summed E-state index contributed by atoms with van der Waals surface area (Å²) in [5.41, 5.74) is 4.00. The first-order valence-corrected chi connectivity index (χ1v) is 6.60. The van der Waals surface area contributed by atoms with Gasteiger partial charge in [-0.2, -0.15) is 0 Å². The SMILES string of the molecule is Cc1cc(F)ccc1-c1c2ccccc2nc(C)[n+]1C. The van der Waals surface area contributed by atoms with Gasteiger partial charge in [0.25, 0.3) is 5.82 Å². The van der Waals surface area contributed by atoms with Crippen molar-refractivity contribution < 1.29 is 8.96 Å². The molecule has 0 amide bonds. The van der Waals surface area contributed by atoms with Gasteiger partial charge >= 0.3 is 0 Å². The van der Waals surface area contributed by atoms with Crippen molar-refractivity contribution in [2.24, 2.45) is 7.05 Å². The number of para-hydroxylation sites is 1. The van der Waals surface area contributed by atoms with Crippen LogP contribution in [0, 0.1) is 19.7 Å². The molecule has 0 aliphatic rings. The van der Waals surface area contributed by atoms with E-state index < -0.39 is 0 Å². The minimum atomic E-state index is -0.205. The van der Waals surface area contributed by atoms with E-state index in [4.69, 9.17) is 0 Å². The predicted molar refractivity (Wildman–Crippen MR) is 77.8 cm³/mol. The van der Waals surface area contributed by atoms with E-state index in [1.165, 1.54) is 6.07 Å². The van der Waals surface area contributed by atoms with Crippen molar-refractivity contribution in [1.29, 1.82) is 0 Å². The van der Waals surface area contributed by atoms with Gasteiger partial charge in [0.15, 0.2) is 5.52 Å². The van der Waals surface area contributed by atoms with E-state index >= 15 is 0 Å². The molecule has 0 aliphatic carbocycles. The van der Waals surface area contributed by atoms with Crippen LogP contribution in [0.1, 0.15) is 11.4 Å². The van der Waals surface area contributed by atoms with Crippen LogP contribution in [0.3, 0.4) is 0 Å². The standard InChI is InChI=1S/C17H16FN2/c1-11-10-13(18)8-9-14(11)17-15-6-4-5-7-16(15)19-12(2)20(17)3/h4-10H,1-3H3/q+1. The minimum absolute atomic E-state index is 0.205. The fourth-order valence-corrected chi connectivity index (χ4v) is 2.58. The number of fused-ring (bicyclic) bond motifs is 1. The number of hydrogen-bond donors (Lipinski definition) is 0. The molecule has 0 atom stereocenters. The molecule has 0 unspecified atom stereocenters. The Morgan fingerprint density at radius 1 is 1.05 bits per heavy atom. The molecule has 2 aromatic carbocycles. The molecule has 0 bridgehead atoms. The van der Waals surface area contributed by atoms with E-state index in [2.05, 4.69) is 15.6 Å². The van der Waals surface area contributed by atoms with Crippen molar-refractivity contribution >= 4 is 10.9 Å². The van der Waals surface area contributed by atoms with Crippen LogP contribution in [-0.2, 0) is 7.05 Å². The van der Waals surface area contributed by atoms with E-state index in [1.54, 1.807) is 6.07 Å². The molecule has 0 aliphatic heterocycles. The largest absolute Gasteiger partial charge is 0.296 e. The molecule has 1 heterocycles. The van der Waals surface area contributed by atoms with E-state index in [1.807, 2.05) is 45.2 Å². The molecular weight excluding hydrogens is 251 g/mol. The summed E-state index contributed by atoms with van der Waals surface area (Å²) < 4.78 is 15.4. The van der Waals surface area contributed by atoms with Crippen molar-refractivity contribution in [3.8, 4) is 11.3 Å². The number of aryl methyl sites for hydroxylation is 2. The summed E-state index contributed by atoms with van der Waals surface area (Å²) in [7, 11) is 1.99. The van der Waals surface area contributed by atoms with Gasteiger partial charge in [-0.05, 0) is 47.8 Å². The Kier molecular flexibility index (Phi) is 2.97. The quantitative estimate of drug-likeness (QED) is 0.617. The molecule has 3 heteroatoms. The third kappa shape index (κ3) is 1.95. The molecule has 0 radical (unpaired) electrons. The summed E-state index contributed by atoms with van der Waals surface area (Å²) >= 11 is 0. The molecule has 3 aromatic rings. The average molecular weight is 267 g/mol. The second-order valence-corrected chi connectivity index (χ2v) is 5.04. The van der Waals surface area contributed by atoms with Gasteiger partial charge < -0.3 is 0 Å². The van der Waals surface area contributed by atoms with Crippen molar-refractivity contribution in [3.05, 3.63) is 59.7 Å². The average Bonchev–Trinajstić information content (AvgIpc) is 2.42. The van der Waals surface area contributed by atoms with Crippen LogP contribution in [0.15, 0.2) is 42.5 Å². The first-order valence-electron chi connectivity index (χ1n) is 6.60. The van der Waals surface area contributed by atoms with Gasteiger partial charge in [-0.3, -0.25) is 0 Å². The molecule has 100 valence electrons. The Hall–Kier alpha value is -2.29. The van der Waals surface area contributed by atoms with E-state index in [0.29, 0.717) is 0 Å². The van der Waals surface area contributed by atoms with Crippen LogP contribution in [0.2, 0.25) is 0 Å². The van der Waals surface area contributed by atoms with Crippen LogP contribution >= 0.6 is 0 Å². The van der Waals surface area contributed by atoms with Crippen LogP contribution in [0.25, 0.3) is 22.2 Å². The molecule has 20 heavy (non-hydrogen) atoms. The normalized spacial score (nSPS) is 11.0. The summed E-state index contributed by atoms with van der Waals surface area (Å²) in [5, 5.41) is 1.08. The summed E-state index contributed by atoms with van der Waals surface area (Å²) in [4.78, 5) is 4.60. The highest BCUT2D eigenvalue weighted by molar-refractivity contribution is 5.91. The van der Waals surface area contributed by atoms with Crippen molar-refractivity contribution in [2.75, 3.05) is 0 Å². The molecule has 0 saturated heterocycles. The molecule has 2 nitrogen and oxygen atoms in total. The van der Waals surface area contributed by atoms with Gasteiger partial charge in [0.2, 0.25) is 0 Å². The maximum Gasteiger partial charge on any atom is 0.296 e. The number of hydrogen-bond acceptors (Lipinski definition) is 1. The lowest BCUT2D eigenvalue weighted by Gasteiger charge is -2.10. The van der Waals surface area contributed by atoms with Crippen LogP contribution < -0.4 is 4.57 Å². The molecule has 0 saturated carbocycles. The number of nitrogens with zero attached hydrogens (tertiary/aromatic N) is 2. The van der Waals surface area contributed by atoms with Crippen LogP contribution in [0.5, 0.6) is 0 Å². The topological polar surface area (TPSA) is 16.8 Å². The number of halogens is 1. The Balaban J connectivity index is 2.43. The molecular formula is C17H16FN2+. The molecule has 1 aromatic heterocycles. The van der Waals surface area contributed by atoms with Crippen LogP contribution in [-0.4, -0.2) is 4.98 Å². The monoisotopic (exact) mass is 267 g/mol. The molecule has 0 N–H and O–H groups in total. The lowest BCUT2D eigenvalue weighted by molar-refractivity contribution is -0.668.